The molecule has 7 rings (SSSR count). The zero-order chi connectivity index (χ0) is 33.4. The molecule has 3 heteroatoms. The van der Waals surface area contributed by atoms with Crippen LogP contribution < -0.4 is 15.4 Å². The Morgan fingerprint density at radius 1 is 0.469 bits per heavy atom. The molecule has 240 valence electrons. The molecule has 3 nitrogen and oxygen atoms in total. The van der Waals surface area contributed by atoms with Gasteiger partial charge in [0, 0.05) is 17.1 Å². The maximum absolute atomic E-state index is 6.28. The van der Waals surface area contributed by atoms with Gasteiger partial charge in [-0.1, -0.05) is 147 Å². The van der Waals surface area contributed by atoms with Gasteiger partial charge in [0.15, 0.2) is 0 Å². The van der Waals surface area contributed by atoms with Gasteiger partial charge in [-0.15, -0.1) is 0 Å². The van der Waals surface area contributed by atoms with Crippen LogP contribution in [0.2, 0.25) is 0 Å². The van der Waals surface area contributed by atoms with E-state index >= 15 is 0 Å². The molecule has 0 bridgehead atoms. The van der Waals surface area contributed by atoms with Gasteiger partial charge in [0.25, 0.3) is 0 Å². The summed E-state index contributed by atoms with van der Waals surface area (Å²) in [5.41, 5.74) is 19.7. The molecule has 7 aromatic rings. The fraction of sp³-hybridized carbons (Fsp3) is 0.0870. The minimum Gasteiger partial charge on any atom is -0.486 e. The molecule has 0 heterocycles. The van der Waals surface area contributed by atoms with Gasteiger partial charge < -0.3 is 15.4 Å². The second kappa shape index (κ2) is 14.8. The first-order valence-corrected chi connectivity index (χ1v) is 17.0. The van der Waals surface area contributed by atoms with Crippen molar-refractivity contribution in [2.45, 2.75) is 26.4 Å². The maximum Gasteiger partial charge on any atom is 0.145 e. The van der Waals surface area contributed by atoms with Crippen molar-refractivity contribution in [3.63, 3.8) is 0 Å². The highest BCUT2D eigenvalue weighted by molar-refractivity contribution is 5.92. The van der Waals surface area contributed by atoms with E-state index in [0.717, 1.165) is 52.3 Å². The molecular weight excluding hydrogens is 597 g/mol. The van der Waals surface area contributed by atoms with Crippen molar-refractivity contribution in [1.82, 2.24) is 0 Å². The Hall–Kier alpha value is -6.06. The van der Waals surface area contributed by atoms with Crippen LogP contribution in [0, 0.1) is 0 Å². The lowest BCUT2D eigenvalue weighted by Crippen LogP contribution is -2.09. The predicted octanol–water partition coefficient (Wildman–Crippen LogP) is 12.3. The number of aryl methyl sites for hydroxylation is 1. The van der Waals surface area contributed by atoms with Crippen LogP contribution in [0.4, 0.5) is 22.7 Å². The summed E-state index contributed by atoms with van der Waals surface area (Å²) in [6, 6.07) is 62.0. The highest BCUT2D eigenvalue weighted by Gasteiger charge is 2.15. The van der Waals surface area contributed by atoms with E-state index < -0.39 is 0 Å². The Labute approximate surface area is 289 Å². The van der Waals surface area contributed by atoms with E-state index in [1.165, 1.54) is 27.8 Å². The number of benzene rings is 7. The first-order valence-electron chi connectivity index (χ1n) is 17.0. The van der Waals surface area contributed by atoms with Gasteiger partial charge in [0.2, 0.25) is 0 Å². The van der Waals surface area contributed by atoms with Gasteiger partial charge in [-0.2, -0.15) is 0 Å². The first kappa shape index (κ1) is 31.5. The van der Waals surface area contributed by atoms with Gasteiger partial charge in [-0.25, -0.2) is 0 Å². The van der Waals surface area contributed by atoms with Crippen molar-refractivity contribution in [2.24, 2.45) is 0 Å². The number of nitrogens with zero attached hydrogens (tertiary/aromatic N) is 1. The van der Waals surface area contributed by atoms with Crippen LogP contribution >= 0.6 is 0 Å². The summed E-state index contributed by atoms with van der Waals surface area (Å²) in [4.78, 5) is 2.29. The Morgan fingerprint density at radius 3 is 1.47 bits per heavy atom. The summed E-state index contributed by atoms with van der Waals surface area (Å²) in [6.45, 7) is 2.64. The minimum atomic E-state index is 0.470. The highest BCUT2D eigenvalue weighted by atomic mass is 16.5. The van der Waals surface area contributed by atoms with E-state index in [1.54, 1.807) is 0 Å². The number of anilines is 4. The van der Waals surface area contributed by atoms with Crippen LogP contribution in [-0.2, 0) is 13.0 Å². The van der Waals surface area contributed by atoms with Crippen molar-refractivity contribution in [3.05, 3.63) is 187 Å². The SMILES string of the molecule is CCCc1cccc(N)c1OCc1ccc(-c2ccccc2-c2ccccc2-c2ccc(N(c3ccccc3)c3ccccc3)cc2)cc1. The summed E-state index contributed by atoms with van der Waals surface area (Å²) < 4.78 is 6.26. The van der Waals surface area contributed by atoms with Crippen molar-refractivity contribution >= 4 is 22.7 Å². The lowest BCUT2D eigenvalue weighted by atomic mass is 9.89. The van der Waals surface area contributed by atoms with E-state index in [2.05, 4.69) is 176 Å². The monoisotopic (exact) mass is 636 g/mol. The number of nitrogens with two attached hydrogens (primary N) is 1. The maximum atomic E-state index is 6.28. The van der Waals surface area contributed by atoms with Gasteiger partial charge in [0.05, 0.1) is 5.69 Å². The number of hydrogen-bond donors (Lipinski definition) is 1. The quantitative estimate of drug-likeness (QED) is 0.144. The zero-order valence-corrected chi connectivity index (χ0v) is 27.8. The third-order valence-electron chi connectivity index (χ3n) is 8.90. The molecule has 0 aliphatic heterocycles. The molecule has 0 saturated heterocycles. The van der Waals surface area contributed by atoms with Gasteiger partial charge in [-0.3, -0.25) is 0 Å². The molecule has 0 atom stereocenters. The number of hydrogen-bond acceptors (Lipinski definition) is 3. The molecule has 0 radical (unpaired) electrons. The molecule has 49 heavy (non-hydrogen) atoms. The molecule has 2 N–H and O–H groups in total. The number of nitrogen functional groups attached to an aromatic ring is 1. The van der Waals surface area contributed by atoms with Crippen LogP contribution in [0.25, 0.3) is 33.4 Å². The highest BCUT2D eigenvalue weighted by Crippen LogP contribution is 2.40. The molecule has 7 aromatic carbocycles. The van der Waals surface area contributed by atoms with Crippen molar-refractivity contribution < 1.29 is 4.74 Å². The molecule has 0 aromatic heterocycles. The topological polar surface area (TPSA) is 38.5 Å². The minimum absolute atomic E-state index is 0.470. The number of para-hydroxylation sites is 3. The summed E-state index contributed by atoms with van der Waals surface area (Å²) >= 11 is 0. The number of rotatable bonds is 11. The predicted molar refractivity (Wildman–Crippen MR) is 207 cm³/mol. The van der Waals surface area contributed by atoms with Crippen molar-refractivity contribution in [2.75, 3.05) is 10.6 Å². The second-order valence-corrected chi connectivity index (χ2v) is 12.2. The van der Waals surface area contributed by atoms with E-state index in [4.69, 9.17) is 10.5 Å². The summed E-state index contributed by atoms with van der Waals surface area (Å²) in [6.07, 6.45) is 1.99. The van der Waals surface area contributed by atoms with Crippen LogP contribution in [0.3, 0.4) is 0 Å². The molecule has 0 saturated carbocycles. The Morgan fingerprint density at radius 2 is 0.939 bits per heavy atom. The average Bonchev–Trinajstić information content (AvgIpc) is 3.16. The fourth-order valence-corrected chi connectivity index (χ4v) is 6.51. The second-order valence-electron chi connectivity index (χ2n) is 12.2. The molecule has 0 amide bonds. The smallest absolute Gasteiger partial charge is 0.145 e. The van der Waals surface area contributed by atoms with E-state index in [1.807, 2.05) is 12.1 Å². The van der Waals surface area contributed by atoms with E-state index in [9.17, 15) is 0 Å². The fourth-order valence-electron chi connectivity index (χ4n) is 6.51. The third kappa shape index (κ3) is 6.97. The van der Waals surface area contributed by atoms with Crippen molar-refractivity contribution in [1.29, 1.82) is 0 Å². The van der Waals surface area contributed by atoms with Crippen LogP contribution in [-0.4, -0.2) is 0 Å². The van der Waals surface area contributed by atoms with Gasteiger partial charge in [0.1, 0.15) is 12.4 Å². The lowest BCUT2D eigenvalue weighted by Gasteiger charge is -2.25. The summed E-state index contributed by atoms with van der Waals surface area (Å²) in [7, 11) is 0. The zero-order valence-electron chi connectivity index (χ0n) is 27.8. The molecule has 0 spiro atoms. The molecule has 0 unspecified atom stereocenters. The van der Waals surface area contributed by atoms with Crippen LogP contribution in [0.1, 0.15) is 24.5 Å². The molecule has 0 fully saturated rings. The van der Waals surface area contributed by atoms with Gasteiger partial charge in [-0.05, 0) is 93.4 Å². The largest absolute Gasteiger partial charge is 0.486 e. The molecule has 0 aliphatic carbocycles. The normalized spacial score (nSPS) is 10.9. The Kier molecular flexibility index (Phi) is 9.52. The first-order chi connectivity index (χ1) is 24.2. The Balaban J connectivity index is 1.17. The molecular formula is C46H40N2O. The summed E-state index contributed by atoms with van der Waals surface area (Å²) in [5, 5.41) is 0. The Bertz CT molecular complexity index is 2080. The van der Waals surface area contributed by atoms with Gasteiger partial charge >= 0.3 is 0 Å². The van der Waals surface area contributed by atoms with E-state index in [-0.39, 0.29) is 0 Å². The van der Waals surface area contributed by atoms with Crippen LogP contribution in [0.5, 0.6) is 5.75 Å². The summed E-state index contributed by atoms with van der Waals surface area (Å²) in [5.74, 6) is 0.802. The lowest BCUT2D eigenvalue weighted by molar-refractivity contribution is 0.304. The standard InChI is InChI=1S/C46H40N2O/c1-2-14-37-15-13-24-45(47)46(37)49-33-34-25-27-35(28-26-34)41-20-9-11-22-43(41)44-23-12-10-21-42(44)36-29-31-40(32-30-36)48(38-16-5-3-6-17-38)39-18-7-4-8-19-39/h3-13,15-32H,2,14,33,47H2,1H3. The average molecular weight is 637 g/mol. The third-order valence-corrected chi connectivity index (χ3v) is 8.90. The number of ether oxygens (including phenoxy) is 1. The van der Waals surface area contributed by atoms with Crippen molar-refractivity contribution in [3.8, 4) is 39.1 Å². The van der Waals surface area contributed by atoms with Crippen LogP contribution in [0.15, 0.2) is 176 Å². The van der Waals surface area contributed by atoms with E-state index in [0.29, 0.717) is 12.3 Å². The molecule has 0 aliphatic rings.